The van der Waals surface area contributed by atoms with Gasteiger partial charge in [0.05, 0.1) is 6.04 Å². The maximum Gasteiger partial charge on any atom is 0.146 e. The van der Waals surface area contributed by atoms with Crippen LogP contribution >= 0.6 is 0 Å². The van der Waals surface area contributed by atoms with Gasteiger partial charge >= 0.3 is 0 Å². The zero-order valence-electron chi connectivity index (χ0n) is 5.80. The number of nitrogens with one attached hydrogen (secondary N) is 1. The molecule has 0 amide bonds. The highest BCUT2D eigenvalue weighted by Crippen LogP contribution is 1.77. The molecule has 0 spiro atoms. The van der Waals surface area contributed by atoms with Gasteiger partial charge in [-0.15, -0.1) is 0 Å². The van der Waals surface area contributed by atoms with Crippen molar-refractivity contribution >= 4 is 28.2 Å². The summed E-state index contributed by atoms with van der Waals surface area (Å²) >= 11 is 7.33. The molecular weight excluding hydrogens is 154 g/mol. The predicted molar refractivity (Wildman–Crippen MR) is 43.9 cm³/mol. The molecule has 54 valence electrons. The fraction of sp³-hybridized carbons (Fsp3) is 0.800. The quantitative estimate of drug-likeness (QED) is 0.632. The maximum atomic E-state index is 10.3. The summed E-state index contributed by atoms with van der Waals surface area (Å²) in [5, 5.41) is 2.81. The largest absolute Gasteiger partial charge is 0.311 e. The molecule has 0 aromatic rings. The van der Waals surface area contributed by atoms with Crippen molar-refractivity contribution < 1.29 is 4.79 Å². The number of hydrogen-bond acceptors (Lipinski definition) is 4. The van der Waals surface area contributed by atoms with Gasteiger partial charge in [-0.05, 0) is 20.9 Å². The SMILES string of the molecule is CN[C@@H](C)C(C)=O.S=S. The Kier molecular flexibility index (Phi) is 10.6. The standard InChI is InChI=1S/C5H11NO.S2/c1-4(6-3)5(2)7;1-2/h4,6H,1-3H3;/t4-;/m0./s1. The highest BCUT2D eigenvalue weighted by atomic mass is 32.8. The van der Waals surface area contributed by atoms with Gasteiger partial charge in [0.15, 0.2) is 0 Å². The molecule has 0 aromatic heterocycles. The van der Waals surface area contributed by atoms with E-state index in [1.165, 1.54) is 0 Å². The van der Waals surface area contributed by atoms with E-state index in [0.29, 0.717) is 0 Å². The molecule has 1 atom stereocenters. The fourth-order valence-electron chi connectivity index (χ4n) is 0.203. The van der Waals surface area contributed by atoms with E-state index in [-0.39, 0.29) is 11.8 Å². The second-order valence-electron chi connectivity index (χ2n) is 1.62. The molecule has 2 nitrogen and oxygen atoms in total. The molecule has 0 rings (SSSR count). The Morgan fingerprint density at radius 2 is 1.89 bits per heavy atom. The minimum Gasteiger partial charge on any atom is -0.311 e. The number of carbonyl (C=O) groups is 1. The van der Waals surface area contributed by atoms with Gasteiger partial charge in [0, 0.05) is 22.4 Å². The lowest BCUT2D eigenvalue weighted by Gasteiger charge is -2.01. The number of Topliss-reactive ketones (excluding diaryl/α,β-unsaturated/α-hetero) is 1. The molecule has 0 bridgehead atoms. The van der Waals surface area contributed by atoms with Crippen LogP contribution in [0.25, 0.3) is 0 Å². The van der Waals surface area contributed by atoms with Crippen LogP contribution in [0.5, 0.6) is 0 Å². The third kappa shape index (κ3) is 8.07. The molecule has 1 N–H and O–H groups in total. The Bertz CT molecular complexity index is 87.0. The Labute approximate surface area is 65.7 Å². The van der Waals surface area contributed by atoms with Crippen molar-refractivity contribution in [1.82, 2.24) is 5.32 Å². The molecule has 0 saturated carbocycles. The topological polar surface area (TPSA) is 29.1 Å². The first kappa shape index (κ1) is 11.8. The van der Waals surface area contributed by atoms with Gasteiger partial charge in [0.1, 0.15) is 5.78 Å². The lowest BCUT2D eigenvalue weighted by atomic mass is 10.2. The summed E-state index contributed by atoms with van der Waals surface area (Å²) in [4.78, 5) is 10.3. The first-order valence-corrected chi connectivity index (χ1v) is 3.86. The average molecular weight is 165 g/mol. The highest BCUT2D eigenvalue weighted by molar-refractivity contribution is 8.07. The van der Waals surface area contributed by atoms with Gasteiger partial charge in [-0.3, -0.25) is 4.79 Å². The van der Waals surface area contributed by atoms with Crippen LogP contribution < -0.4 is 5.32 Å². The monoisotopic (exact) mass is 165 g/mol. The van der Waals surface area contributed by atoms with Crippen LogP contribution in [0.3, 0.4) is 0 Å². The summed E-state index contributed by atoms with van der Waals surface area (Å²) in [6.07, 6.45) is 0. The molecule has 9 heavy (non-hydrogen) atoms. The lowest BCUT2D eigenvalue weighted by molar-refractivity contribution is -0.118. The molecule has 0 saturated heterocycles. The number of carbonyl (C=O) groups excluding carboxylic acids is 1. The van der Waals surface area contributed by atoms with Crippen molar-refractivity contribution in [1.29, 1.82) is 0 Å². The zero-order chi connectivity index (χ0) is 7.86. The average Bonchev–Trinajstić information content (AvgIpc) is 1.91. The van der Waals surface area contributed by atoms with E-state index in [9.17, 15) is 4.79 Å². The van der Waals surface area contributed by atoms with Crippen molar-refractivity contribution in [2.24, 2.45) is 0 Å². The molecule has 0 aliphatic carbocycles. The molecule has 0 heterocycles. The van der Waals surface area contributed by atoms with Crippen molar-refractivity contribution in [3.05, 3.63) is 0 Å². The van der Waals surface area contributed by atoms with Gasteiger partial charge in [-0.2, -0.15) is 0 Å². The molecule has 4 heteroatoms. The Morgan fingerprint density at radius 3 is 1.89 bits per heavy atom. The Balaban J connectivity index is 0. The number of likely N-dealkylation sites (N-methyl/N-ethyl adjacent to an activating group) is 1. The molecule has 0 fully saturated rings. The Hall–Kier alpha value is 0.0700. The molecule has 0 aliphatic rings. The lowest BCUT2D eigenvalue weighted by Crippen LogP contribution is -2.28. The van der Waals surface area contributed by atoms with Gasteiger partial charge in [0.2, 0.25) is 0 Å². The third-order valence-electron chi connectivity index (χ3n) is 1.04. The fourth-order valence-corrected chi connectivity index (χ4v) is 0.203. The normalized spacial score (nSPS) is 11.0. The van der Waals surface area contributed by atoms with Crippen LogP contribution in [0.4, 0.5) is 0 Å². The van der Waals surface area contributed by atoms with Crippen LogP contribution in [0.2, 0.25) is 0 Å². The number of ketones is 1. The second-order valence-corrected chi connectivity index (χ2v) is 1.62. The smallest absolute Gasteiger partial charge is 0.146 e. The van der Waals surface area contributed by atoms with Gasteiger partial charge in [-0.25, -0.2) is 0 Å². The van der Waals surface area contributed by atoms with E-state index in [1.54, 1.807) is 14.0 Å². The molecule has 0 aliphatic heterocycles. The minimum atomic E-state index is 0.0139. The molecule has 0 unspecified atom stereocenters. The first-order valence-electron chi connectivity index (χ1n) is 2.53. The van der Waals surface area contributed by atoms with E-state index in [1.807, 2.05) is 6.92 Å². The van der Waals surface area contributed by atoms with Crippen LogP contribution in [-0.2, 0) is 27.2 Å². The van der Waals surface area contributed by atoms with E-state index < -0.39 is 0 Å². The predicted octanol–water partition coefficient (Wildman–Crippen LogP) is 0.178. The minimum absolute atomic E-state index is 0.0139. The summed E-state index contributed by atoms with van der Waals surface area (Å²) in [5.41, 5.74) is 0. The van der Waals surface area contributed by atoms with Crippen LogP contribution in [0, 0.1) is 0 Å². The second kappa shape index (κ2) is 8.07. The zero-order valence-corrected chi connectivity index (χ0v) is 7.44. The van der Waals surface area contributed by atoms with E-state index in [2.05, 4.69) is 27.7 Å². The summed E-state index contributed by atoms with van der Waals surface area (Å²) in [6, 6.07) is 0.0139. The highest BCUT2D eigenvalue weighted by Gasteiger charge is 2.00. The van der Waals surface area contributed by atoms with Gasteiger partial charge < -0.3 is 5.32 Å². The van der Waals surface area contributed by atoms with Crippen molar-refractivity contribution in [2.45, 2.75) is 19.9 Å². The van der Waals surface area contributed by atoms with E-state index in [4.69, 9.17) is 0 Å². The summed E-state index contributed by atoms with van der Waals surface area (Å²) in [6.45, 7) is 3.41. The van der Waals surface area contributed by atoms with E-state index >= 15 is 0 Å². The number of hydrogen-bond donors (Lipinski definition) is 1. The molecular formula is C5H11NOS2. The Morgan fingerprint density at radius 1 is 1.56 bits per heavy atom. The number of rotatable bonds is 2. The van der Waals surface area contributed by atoms with Gasteiger partial charge in [0.25, 0.3) is 0 Å². The molecule has 0 aromatic carbocycles. The van der Waals surface area contributed by atoms with E-state index in [0.717, 1.165) is 0 Å². The van der Waals surface area contributed by atoms with Crippen LogP contribution in [0.15, 0.2) is 0 Å². The van der Waals surface area contributed by atoms with Crippen LogP contribution in [-0.4, -0.2) is 18.9 Å². The third-order valence-corrected chi connectivity index (χ3v) is 1.04. The summed E-state index contributed by atoms with van der Waals surface area (Å²) in [5.74, 6) is 0.183. The van der Waals surface area contributed by atoms with Gasteiger partial charge in [-0.1, -0.05) is 0 Å². The van der Waals surface area contributed by atoms with Crippen molar-refractivity contribution in [3.8, 4) is 0 Å². The van der Waals surface area contributed by atoms with Crippen molar-refractivity contribution in [2.75, 3.05) is 7.05 Å². The summed E-state index contributed by atoms with van der Waals surface area (Å²) < 4.78 is 0. The van der Waals surface area contributed by atoms with Crippen LogP contribution in [0.1, 0.15) is 13.8 Å². The summed E-state index contributed by atoms with van der Waals surface area (Å²) in [7, 11) is 1.77. The first-order chi connectivity index (χ1) is 4.18. The maximum absolute atomic E-state index is 10.3. The molecule has 0 radical (unpaired) electrons. The van der Waals surface area contributed by atoms with Crippen molar-refractivity contribution in [3.63, 3.8) is 0 Å².